The molecule has 5 nitrogen and oxygen atoms in total. The monoisotopic (exact) mass is 282 g/mol. The Balaban J connectivity index is 4.80. The molecule has 106 valence electrons. The molecule has 0 aliphatic heterocycles. The van der Waals surface area contributed by atoms with Crippen LogP contribution >= 0.6 is 0 Å². The summed E-state index contributed by atoms with van der Waals surface area (Å²) in [5.41, 5.74) is 0. The van der Waals surface area contributed by atoms with Crippen molar-refractivity contribution in [3.63, 3.8) is 0 Å². The van der Waals surface area contributed by atoms with Crippen molar-refractivity contribution in [2.75, 3.05) is 20.1 Å². The molecule has 0 aromatic heterocycles. The Morgan fingerprint density at radius 1 is 1.11 bits per heavy atom. The van der Waals surface area contributed by atoms with Crippen LogP contribution in [-0.2, 0) is 14.4 Å². The largest absolute Gasteiger partial charge is 0.493 e. The van der Waals surface area contributed by atoms with Gasteiger partial charge in [0.2, 0.25) is 0 Å². The van der Waals surface area contributed by atoms with Gasteiger partial charge in [-0.05, 0) is 7.05 Å². The highest BCUT2D eigenvalue weighted by Gasteiger charge is 2.48. The Kier molecular flexibility index (Phi) is 5.39. The third kappa shape index (κ3) is 5.21. The van der Waals surface area contributed by atoms with E-state index in [1.807, 2.05) is 0 Å². The molecule has 0 bridgehead atoms. The highest BCUT2D eigenvalue weighted by molar-refractivity contribution is 5.83. The molecule has 0 rings (SSSR count). The minimum absolute atomic E-state index is 0.299. The van der Waals surface area contributed by atoms with Crippen LogP contribution in [0.25, 0.3) is 0 Å². The lowest BCUT2D eigenvalue weighted by atomic mass is 10.5. The van der Waals surface area contributed by atoms with Crippen LogP contribution in [0.1, 0.15) is 0 Å². The molecular weight excluding hydrogens is 274 g/mol. The summed E-state index contributed by atoms with van der Waals surface area (Å²) in [5.74, 6) is -5.61. The normalized spacial score (nSPS) is 12.2. The van der Waals surface area contributed by atoms with Crippen molar-refractivity contribution in [2.45, 2.75) is 12.4 Å². The van der Waals surface area contributed by atoms with E-state index in [2.05, 4.69) is 10.2 Å². The molecule has 0 radical (unpaired) electrons. The summed E-state index contributed by atoms with van der Waals surface area (Å²) in [6.45, 7) is -1.18. The number of hydrogen-bond donors (Lipinski definition) is 1. The average Bonchev–Trinajstić information content (AvgIpc) is 2.20. The number of rotatable bonds is 3. The van der Waals surface area contributed by atoms with Crippen molar-refractivity contribution < 1.29 is 40.8 Å². The number of hydroxylamine groups is 2. The number of nitrogens with zero attached hydrogens (tertiary/aromatic N) is 1. The van der Waals surface area contributed by atoms with Crippen LogP contribution in [0, 0.1) is 0 Å². The van der Waals surface area contributed by atoms with Crippen LogP contribution in [-0.4, -0.2) is 49.4 Å². The predicted octanol–water partition coefficient (Wildman–Crippen LogP) is 0.617. The number of nitrogens with one attached hydrogen (secondary N) is 1. The van der Waals surface area contributed by atoms with Crippen molar-refractivity contribution in [1.29, 1.82) is 0 Å². The molecule has 11 heteroatoms. The van der Waals surface area contributed by atoms with Crippen LogP contribution in [0.3, 0.4) is 0 Å². The fourth-order valence-corrected chi connectivity index (χ4v) is 0.695. The van der Waals surface area contributed by atoms with Gasteiger partial charge in [0, 0.05) is 6.54 Å². The van der Waals surface area contributed by atoms with Gasteiger partial charge in [-0.1, -0.05) is 0 Å². The van der Waals surface area contributed by atoms with Gasteiger partial charge in [-0.3, -0.25) is 4.79 Å². The lowest BCUT2D eigenvalue weighted by molar-refractivity contribution is -0.251. The fourth-order valence-electron chi connectivity index (χ4n) is 0.695. The first-order chi connectivity index (χ1) is 8.00. The van der Waals surface area contributed by atoms with E-state index in [4.69, 9.17) is 0 Å². The molecule has 0 saturated heterocycles. The molecule has 0 aromatic rings. The van der Waals surface area contributed by atoms with Crippen LogP contribution < -0.4 is 5.32 Å². The molecule has 0 atom stereocenters. The zero-order chi connectivity index (χ0) is 14.6. The van der Waals surface area contributed by atoms with Crippen LogP contribution in [0.5, 0.6) is 0 Å². The van der Waals surface area contributed by atoms with Gasteiger partial charge in [-0.25, -0.2) is 4.79 Å². The second kappa shape index (κ2) is 5.89. The molecule has 0 aliphatic rings. The second-order valence-corrected chi connectivity index (χ2v) is 2.89. The van der Waals surface area contributed by atoms with Crippen molar-refractivity contribution in [3.05, 3.63) is 0 Å². The summed E-state index contributed by atoms with van der Waals surface area (Å²) in [4.78, 5) is 24.4. The maximum atomic E-state index is 12.0. The van der Waals surface area contributed by atoms with Crippen molar-refractivity contribution in [3.8, 4) is 0 Å². The molecule has 0 saturated carbocycles. The minimum atomic E-state index is -5.50. The average molecular weight is 282 g/mol. The van der Waals surface area contributed by atoms with Gasteiger partial charge in [0.15, 0.2) is 0 Å². The van der Waals surface area contributed by atoms with E-state index in [1.165, 1.54) is 7.05 Å². The Hall–Kier alpha value is -1.52. The Morgan fingerprint density at radius 2 is 1.61 bits per heavy atom. The minimum Gasteiger partial charge on any atom is -0.329 e. The molecule has 0 aromatic carbocycles. The van der Waals surface area contributed by atoms with Crippen LogP contribution in [0.2, 0.25) is 0 Å². The second-order valence-electron chi connectivity index (χ2n) is 2.89. The predicted molar refractivity (Wildman–Crippen MR) is 43.8 cm³/mol. The lowest BCUT2D eigenvalue weighted by Crippen LogP contribution is -2.46. The summed E-state index contributed by atoms with van der Waals surface area (Å²) >= 11 is 0. The number of carbonyl (C=O) groups is 2. The number of likely N-dealkylation sites (N-methyl/N-ethyl adjacent to an activating group) is 1. The standard InChI is InChI=1S/C7H8F6N2O3/c1-14-2-3-15(4(16)6(8,9)10)18-5(17)7(11,12)13/h14H,2-3H2,1H3. The summed E-state index contributed by atoms with van der Waals surface area (Å²) in [6.07, 6.45) is -10.9. The Bertz CT molecular complexity index is 313. The molecule has 0 spiro atoms. The van der Waals surface area contributed by atoms with Crippen molar-refractivity contribution in [1.82, 2.24) is 10.4 Å². The fraction of sp³-hybridized carbons (Fsp3) is 0.714. The van der Waals surface area contributed by atoms with Gasteiger partial charge in [0.05, 0.1) is 6.54 Å². The van der Waals surface area contributed by atoms with Crippen LogP contribution in [0.15, 0.2) is 0 Å². The van der Waals surface area contributed by atoms with E-state index in [0.29, 0.717) is 0 Å². The third-order valence-electron chi connectivity index (χ3n) is 1.46. The molecule has 0 fully saturated rings. The van der Waals surface area contributed by atoms with Gasteiger partial charge in [-0.15, -0.1) is 0 Å². The first-order valence-electron chi connectivity index (χ1n) is 4.32. The van der Waals surface area contributed by atoms with E-state index < -0.39 is 35.8 Å². The molecule has 1 N–H and O–H groups in total. The van der Waals surface area contributed by atoms with E-state index in [9.17, 15) is 35.9 Å². The number of carbonyl (C=O) groups excluding carboxylic acids is 2. The van der Waals surface area contributed by atoms with Crippen molar-refractivity contribution >= 4 is 11.9 Å². The van der Waals surface area contributed by atoms with E-state index in [-0.39, 0.29) is 6.54 Å². The molecule has 0 unspecified atom stereocenters. The Labute approximate surface area is 96.6 Å². The van der Waals surface area contributed by atoms with E-state index in [1.54, 1.807) is 0 Å². The summed E-state index contributed by atoms with van der Waals surface area (Å²) in [6, 6.07) is 0. The molecule has 18 heavy (non-hydrogen) atoms. The summed E-state index contributed by atoms with van der Waals surface area (Å²) in [5, 5.41) is 1.59. The zero-order valence-corrected chi connectivity index (χ0v) is 8.85. The maximum Gasteiger partial charge on any atom is 0.493 e. The Morgan fingerprint density at radius 3 is 1.94 bits per heavy atom. The van der Waals surface area contributed by atoms with Gasteiger partial charge < -0.3 is 10.2 Å². The molecule has 0 heterocycles. The van der Waals surface area contributed by atoms with E-state index >= 15 is 0 Å². The smallest absolute Gasteiger partial charge is 0.329 e. The highest BCUT2D eigenvalue weighted by Crippen LogP contribution is 2.21. The van der Waals surface area contributed by atoms with E-state index in [0.717, 1.165) is 0 Å². The molecular formula is C7H8F6N2O3. The molecule has 1 amide bonds. The number of amides is 1. The van der Waals surface area contributed by atoms with Gasteiger partial charge in [-0.2, -0.15) is 31.4 Å². The first-order valence-corrected chi connectivity index (χ1v) is 4.32. The van der Waals surface area contributed by atoms with Crippen LogP contribution in [0.4, 0.5) is 26.3 Å². The van der Waals surface area contributed by atoms with Gasteiger partial charge in [0.25, 0.3) is 0 Å². The number of halogens is 6. The summed E-state index contributed by atoms with van der Waals surface area (Å²) < 4.78 is 71.3. The summed E-state index contributed by atoms with van der Waals surface area (Å²) in [7, 11) is 1.28. The third-order valence-corrected chi connectivity index (χ3v) is 1.46. The maximum absolute atomic E-state index is 12.0. The zero-order valence-electron chi connectivity index (χ0n) is 8.85. The highest BCUT2D eigenvalue weighted by atomic mass is 19.4. The lowest BCUT2D eigenvalue weighted by Gasteiger charge is -2.22. The van der Waals surface area contributed by atoms with Gasteiger partial charge in [0.1, 0.15) is 0 Å². The topological polar surface area (TPSA) is 58.6 Å². The number of alkyl halides is 6. The quantitative estimate of drug-likeness (QED) is 0.609. The van der Waals surface area contributed by atoms with Gasteiger partial charge >= 0.3 is 24.2 Å². The number of hydrogen-bond acceptors (Lipinski definition) is 4. The SMILES string of the molecule is CNCCN(OC(=O)C(F)(F)F)C(=O)C(F)(F)F. The molecule has 0 aliphatic carbocycles. The van der Waals surface area contributed by atoms with Crippen molar-refractivity contribution in [2.24, 2.45) is 0 Å². The first kappa shape index (κ1) is 16.5.